The van der Waals surface area contributed by atoms with E-state index in [0.717, 1.165) is 28.6 Å². The Balaban J connectivity index is 1.94. The minimum absolute atomic E-state index is 0.0947. The molecule has 0 saturated heterocycles. The van der Waals surface area contributed by atoms with Gasteiger partial charge >= 0.3 is 0 Å². The van der Waals surface area contributed by atoms with Gasteiger partial charge in [0.25, 0.3) is 0 Å². The van der Waals surface area contributed by atoms with Crippen molar-refractivity contribution in [3.05, 3.63) is 77.5 Å². The predicted molar refractivity (Wildman–Crippen MR) is 76.8 cm³/mol. The van der Waals surface area contributed by atoms with Gasteiger partial charge in [0, 0.05) is 29.6 Å². The zero-order valence-corrected chi connectivity index (χ0v) is 11.1. The fourth-order valence-electron chi connectivity index (χ4n) is 2.42. The van der Waals surface area contributed by atoms with Crippen molar-refractivity contribution in [3.8, 4) is 0 Å². The van der Waals surface area contributed by atoms with Crippen LogP contribution in [0.3, 0.4) is 0 Å². The summed E-state index contributed by atoms with van der Waals surface area (Å²) in [6, 6.07) is 12.6. The zero-order valence-electron chi connectivity index (χ0n) is 11.1. The van der Waals surface area contributed by atoms with Crippen molar-refractivity contribution in [2.75, 3.05) is 0 Å². The minimum Gasteiger partial charge on any atom is -0.388 e. The molecule has 1 aromatic heterocycles. The third-order valence-corrected chi connectivity index (χ3v) is 3.47. The van der Waals surface area contributed by atoms with E-state index in [1.54, 1.807) is 12.3 Å². The van der Waals surface area contributed by atoms with E-state index in [9.17, 15) is 13.9 Å². The van der Waals surface area contributed by atoms with Crippen LogP contribution < -0.4 is 0 Å². The van der Waals surface area contributed by atoms with E-state index >= 15 is 0 Å². The number of fused-ring (bicyclic) bond motifs is 1. The summed E-state index contributed by atoms with van der Waals surface area (Å²) in [6.45, 7) is 0. The van der Waals surface area contributed by atoms with Gasteiger partial charge in [-0.1, -0.05) is 24.3 Å². The van der Waals surface area contributed by atoms with E-state index in [4.69, 9.17) is 0 Å². The van der Waals surface area contributed by atoms with Crippen LogP contribution in [-0.4, -0.2) is 10.1 Å². The van der Waals surface area contributed by atoms with Crippen molar-refractivity contribution in [2.24, 2.45) is 0 Å². The van der Waals surface area contributed by atoms with E-state index in [1.165, 1.54) is 6.07 Å². The van der Waals surface area contributed by atoms with Crippen LogP contribution in [0.15, 0.2) is 54.7 Å². The highest BCUT2D eigenvalue weighted by Crippen LogP contribution is 2.25. The van der Waals surface area contributed by atoms with Gasteiger partial charge in [0.15, 0.2) is 0 Å². The van der Waals surface area contributed by atoms with Crippen molar-refractivity contribution in [1.29, 1.82) is 0 Å². The quantitative estimate of drug-likeness (QED) is 0.794. The molecule has 0 radical (unpaired) electrons. The van der Waals surface area contributed by atoms with Crippen LogP contribution in [0.5, 0.6) is 0 Å². The second-order valence-electron chi connectivity index (χ2n) is 4.87. The van der Waals surface area contributed by atoms with Crippen molar-refractivity contribution in [3.63, 3.8) is 0 Å². The summed E-state index contributed by atoms with van der Waals surface area (Å²) in [5, 5.41) is 11.1. The highest BCUT2D eigenvalue weighted by Gasteiger charge is 2.15. The van der Waals surface area contributed by atoms with E-state index < -0.39 is 17.7 Å². The van der Waals surface area contributed by atoms with Gasteiger partial charge in [-0.3, -0.25) is 4.98 Å². The third-order valence-electron chi connectivity index (χ3n) is 3.47. The SMILES string of the molecule is OC(Cc1ccnc2ccccc12)c1ccc(F)cc1F. The molecule has 1 unspecified atom stereocenters. The first-order valence-electron chi connectivity index (χ1n) is 6.61. The minimum atomic E-state index is -1.03. The molecule has 2 nitrogen and oxygen atoms in total. The topological polar surface area (TPSA) is 33.1 Å². The number of aromatic nitrogens is 1. The first-order chi connectivity index (χ1) is 10.1. The lowest BCUT2D eigenvalue weighted by atomic mass is 9.98. The number of nitrogens with zero attached hydrogens (tertiary/aromatic N) is 1. The summed E-state index contributed by atoms with van der Waals surface area (Å²) in [4.78, 5) is 4.25. The van der Waals surface area contributed by atoms with E-state index in [-0.39, 0.29) is 12.0 Å². The fourth-order valence-corrected chi connectivity index (χ4v) is 2.42. The van der Waals surface area contributed by atoms with Crippen molar-refractivity contribution in [1.82, 2.24) is 4.98 Å². The smallest absolute Gasteiger partial charge is 0.131 e. The zero-order chi connectivity index (χ0) is 14.8. The molecule has 0 amide bonds. The maximum Gasteiger partial charge on any atom is 0.131 e. The summed E-state index contributed by atoms with van der Waals surface area (Å²) in [5.41, 5.74) is 1.79. The number of aliphatic hydroxyl groups excluding tert-OH is 1. The van der Waals surface area contributed by atoms with Crippen molar-refractivity contribution < 1.29 is 13.9 Å². The fraction of sp³-hybridized carbons (Fsp3) is 0.118. The van der Waals surface area contributed by atoms with Crippen LogP contribution in [0.25, 0.3) is 10.9 Å². The van der Waals surface area contributed by atoms with Crippen LogP contribution in [0.1, 0.15) is 17.2 Å². The molecule has 1 heterocycles. The number of hydrogen-bond acceptors (Lipinski definition) is 2. The molecule has 3 aromatic rings. The Morgan fingerprint density at radius 1 is 1.05 bits per heavy atom. The third kappa shape index (κ3) is 2.76. The van der Waals surface area contributed by atoms with Crippen LogP contribution >= 0.6 is 0 Å². The van der Waals surface area contributed by atoms with Gasteiger partial charge in [-0.05, 0) is 23.8 Å². The molecule has 4 heteroatoms. The molecular formula is C17H13F2NO. The summed E-state index contributed by atoms with van der Waals surface area (Å²) >= 11 is 0. The summed E-state index contributed by atoms with van der Waals surface area (Å²) in [5.74, 6) is -1.39. The Kier molecular flexibility index (Phi) is 3.62. The molecule has 0 aliphatic carbocycles. The number of pyridine rings is 1. The number of hydrogen-bond donors (Lipinski definition) is 1. The second kappa shape index (κ2) is 5.58. The molecule has 0 aliphatic rings. The van der Waals surface area contributed by atoms with Crippen LogP contribution in [0.2, 0.25) is 0 Å². The van der Waals surface area contributed by atoms with Gasteiger partial charge in [0.2, 0.25) is 0 Å². The first-order valence-corrected chi connectivity index (χ1v) is 6.61. The predicted octanol–water partition coefficient (Wildman–Crippen LogP) is 3.79. The van der Waals surface area contributed by atoms with Crippen LogP contribution in [0, 0.1) is 11.6 Å². The van der Waals surface area contributed by atoms with Crippen molar-refractivity contribution in [2.45, 2.75) is 12.5 Å². The van der Waals surface area contributed by atoms with Crippen molar-refractivity contribution >= 4 is 10.9 Å². The summed E-state index contributed by atoms with van der Waals surface area (Å²) in [7, 11) is 0. The van der Waals surface area contributed by atoms with Gasteiger partial charge in [-0.2, -0.15) is 0 Å². The molecule has 0 saturated carbocycles. The Bertz CT molecular complexity index is 783. The average molecular weight is 285 g/mol. The molecule has 0 fully saturated rings. The monoisotopic (exact) mass is 285 g/mol. The Morgan fingerprint density at radius 2 is 1.86 bits per heavy atom. The summed E-state index contributed by atoms with van der Waals surface area (Å²) < 4.78 is 26.6. The Hall–Kier alpha value is -2.33. The number of aliphatic hydroxyl groups is 1. The lowest BCUT2D eigenvalue weighted by Gasteiger charge is -2.13. The van der Waals surface area contributed by atoms with Crippen LogP contribution in [-0.2, 0) is 6.42 Å². The number of benzene rings is 2. The van der Waals surface area contributed by atoms with Crippen LogP contribution in [0.4, 0.5) is 8.78 Å². The molecule has 106 valence electrons. The lowest BCUT2D eigenvalue weighted by Crippen LogP contribution is -2.05. The van der Waals surface area contributed by atoms with Gasteiger partial charge in [0.1, 0.15) is 11.6 Å². The first kappa shape index (κ1) is 13.6. The van der Waals surface area contributed by atoms with Gasteiger partial charge in [-0.15, -0.1) is 0 Å². The van der Waals surface area contributed by atoms with E-state index in [1.807, 2.05) is 24.3 Å². The molecule has 0 spiro atoms. The Labute approximate surface area is 120 Å². The highest BCUT2D eigenvalue weighted by atomic mass is 19.1. The molecule has 21 heavy (non-hydrogen) atoms. The van der Waals surface area contributed by atoms with Gasteiger partial charge in [-0.25, -0.2) is 8.78 Å². The lowest BCUT2D eigenvalue weighted by molar-refractivity contribution is 0.174. The molecule has 3 rings (SSSR count). The molecule has 1 atom stereocenters. The molecule has 0 bridgehead atoms. The summed E-state index contributed by atoms with van der Waals surface area (Å²) in [6.07, 6.45) is 0.869. The average Bonchev–Trinajstić information content (AvgIpc) is 2.47. The number of para-hydroxylation sites is 1. The largest absolute Gasteiger partial charge is 0.388 e. The molecule has 2 aromatic carbocycles. The molecule has 1 N–H and O–H groups in total. The van der Waals surface area contributed by atoms with Gasteiger partial charge < -0.3 is 5.11 Å². The Morgan fingerprint density at radius 3 is 2.67 bits per heavy atom. The van der Waals surface area contributed by atoms with Gasteiger partial charge in [0.05, 0.1) is 11.6 Å². The second-order valence-corrected chi connectivity index (χ2v) is 4.87. The standard InChI is InChI=1S/C17H13F2NO/c18-12-5-6-14(15(19)10-12)17(21)9-11-7-8-20-16-4-2-1-3-13(11)16/h1-8,10,17,21H,9H2. The maximum atomic E-state index is 13.7. The van der Waals surface area contributed by atoms with E-state index in [2.05, 4.69) is 4.98 Å². The highest BCUT2D eigenvalue weighted by molar-refractivity contribution is 5.81. The normalized spacial score (nSPS) is 12.5. The maximum absolute atomic E-state index is 13.7. The molecule has 0 aliphatic heterocycles. The number of halogens is 2. The van der Waals surface area contributed by atoms with E-state index in [0.29, 0.717) is 0 Å². The molecular weight excluding hydrogens is 272 g/mol. The number of rotatable bonds is 3.